The molecule has 2 aromatic carbocycles. The van der Waals surface area contributed by atoms with Gasteiger partial charge in [0.1, 0.15) is 0 Å². The second-order valence-electron chi connectivity index (χ2n) is 6.96. The Labute approximate surface area is 166 Å². The average molecular weight is 399 g/mol. The number of non-ortho nitro benzene ring substituents is 1. The van der Waals surface area contributed by atoms with Gasteiger partial charge in [0, 0.05) is 18.2 Å². The highest BCUT2D eigenvalue weighted by atomic mass is 35.5. The molecule has 28 heavy (non-hydrogen) atoms. The molecule has 1 aromatic heterocycles. The topological polar surface area (TPSA) is 90.1 Å². The van der Waals surface area contributed by atoms with E-state index < -0.39 is 10.8 Å². The molecule has 144 valence electrons. The summed E-state index contributed by atoms with van der Waals surface area (Å²) in [6.45, 7) is 0. The first-order valence-corrected chi connectivity index (χ1v) is 9.64. The largest absolute Gasteiger partial charge is 0.307 e. The molecule has 0 radical (unpaired) electrons. The van der Waals surface area contributed by atoms with Gasteiger partial charge in [-0.2, -0.15) is 0 Å². The van der Waals surface area contributed by atoms with Gasteiger partial charge in [0.05, 0.1) is 26.5 Å². The number of imidazole rings is 1. The first-order chi connectivity index (χ1) is 13.5. The van der Waals surface area contributed by atoms with E-state index in [4.69, 9.17) is 11.6 Å². The third-order valence-electron chi connectivity index (χ3n) is 5.17. The number of hydrogen-bond acceptors (Lipinski definition) is 4. The van der Waals surface area contributed by atoms with E-state index >= 15 is 0 Å². The first-order valence-electron chi connectivity index (χ1n) is 9.27. The van der Waals surface area contributed by atoms with Crippen molar-refractivity contribution in [2.45, 2.75) is 38.1 Å². The molecule has 1 fully saturated rings. The second kappa shape index (κ2) is 7.59. The monoisotopic (exact) mass is 398 g/mol. The fourth-order valence-electron chi connectivity index (χ4n) is 3.81. The van der Waals surface area contributed by atoms with Gasteiger partial charge in [-0.15, -0.1) is 0 Å². The van der Waals surface area contributed by atoms with Crippen molar-refractivity contribution < 1.29 is 9.72 Å². The number of anilines is 1. The minimum absolute atomic E-state index is 0.0538. The summed E-state index contributed by atoms with van der Waals surface area (Å²) in [6.07, 6.45) is 5.55. The van der Waals surface area contributed by atoms with E-state index in [1.54, 1.807) is 0 Å². The summed E-state index contributed by atoms with van der Waals surface area (Å²) in [4.78, 5) is 27.9. The van der Waals surface area contributed by atoms with Crippen LogP contribution in [0.1, 0.15) is 48.5 Å². The Hall–Kier alpha value is -2.93. The van der Waals surface area contributed by atoms with Gasteiger partial charge in [0.2, 0.25) is 5.95 Å². The van der Waals surface area contributed by atoms with Gasteiger partial charge < -0.3 is 4.57 Å². The molecular formula is C20H19ClN4O3. The molecule has 0 saturated heterocycles. The Morgan fingerprint density at radius 3 is 2.68 bits per heavy atom. The number of nitro benzene ring substituents is 1. The van der Waals surface area contributed by atoms with Crippen molar-refractivity contribution in [2.24, 2.45) is 0 Å². The molecule has 3 aromatic rings. The molecule has 0 bridgehead atoms. The lowest BCUT2D eigenvalue weighted by atomic mass is 9.95. The standard InChI is InChI=1S/C20H19ClN4O3/c21-16-11-10-14(25(27)28)12-15(16)19(26)23-20-22-17-8-4-5-9-18(17)24(20)13-6-2-1-3-7-13/h4-5,8-13H,1-3,6-7H2,(H,22,23,26). The van der Waals surface area contributed by atoms with Crippen LogP contribution >= 0.6 is 11.6 Å². The van der Waals surface area contributed by atoms with E-state index in [0.717, 1.165) is 36.7 Å². The van der Waals surface area contributed by atoms with E-state index in [9.17, 15) is 14.9 Å². The highest BCUT2D eigenvalue weighted by Crippen LogP contribution is 2.34. The van der Waals surface area contributed by atoms with E-state index in [2.05, 4.69) is 14.9 Å². The maximum atomic E-state index is 12.9. The minimum atomic E-state index is -0.551. The number of halogens is 1. The van der Waals surface area contributed by atoms with Crippen molar-refractivity contribution in [1.82, 2.24) is 9.55 Å². The van der Waals surface area contributed by atoms with Crippen molar-refractivity contribution >= 4 is 40.2 Å². The van der Waals surface area contributed by atoms with Crippen molar-refractivity contribution in [1.29, 1.82) is 0 Å². The van der Waals surface area contributed by atoms with Crippen LogP contribution < -0.4 is 5.32 Å². The number of benzene rings is 2. The minimum Gasteiger partial charge on any atom is -0.307 e. The van der Waals surface area contributed by atoms with Crippen LogP contribution in [0.3, 0.4) is 0 Å². The number of hydrogen-bond donors (Lipinski definition) is 1. The van der Waals surface area contributed by atoms with Crippen molar-refractivity contribution in [2.75, 3.05) is 5.32 Å². The summed E-state index contributed by atoms with van der Waals surface area (Å²) in [6, 6.07) is 11.8. The number of para-hydroxylation sites is 2. The summed E-state index contributed by atoms with van der Waals surface area (Å²) in [5.74, 6) is -0.0678. The van der Waals surface area contributed by atoms with Crippen molar-refractivity contribution in [3.05, 3.63) is 63.2 Å². The number of rotatable bonds is 4. The van der Waals surface area contributed by atoms with Gasteiger partial charge in [-0.25, -0.2) is 4.98 Å². The van der Waals surface area contributed by atoms with Gasteiger partial charge in [-0.05, 0) is 31.0 Å². The molecule has 8 heteroatoms. The van der Waals surface area contributed by atoms with Gasteiger partial charge in [0.25, 0.3) is 11.6 Å². The fraction of sp³-hybridized carbons (Fsp3) is 0.300. The zero-order valence-electron chi connectivity index (χ0n) is 15.1. The maximum absolute atomic E-state index is 12.9. The molecule has 0 aliphatic heterocycles. The number of carbonyl (C=O) groups excluding carboxylic acids is 1. The fourth-order valence-corrected chi connectivity index (χ4v) is 4.01. The molecule has 0 atom stereocenters. The molecular weight excluding hydrogens is 380 g/mol. The molecule has 1 amide bonds. The lowest BCUT2D eigenvalue weighted by Crippen LogP contribution is -2.20. The molecule has 7 nitrogen and oxygen atoms in total. The summed E-state index contributed by atoms with van der Waals surface area (Å²) < 4.78 is 2.08. The summed E-state index contributed by atoms with van der Waals surface area (Å²) in [5.41, 5.74) is 1.64. The van der Waals surface area contributed by atoms with Gasteiger partial charge in [-0.1, -0.05) is 43.0 Å². The number of nitrogens with zero attached hydrogens (tertiary/aromatic N) is 3. The zero-order chi connectivity index (χ0) is 19.7. The van der Waals surface area contributed by atoms with Gasteiger partial charge >= 0.3 is 0 Å². The number of fused-ring (bicyclic) bond motifs is 1. The number of nitrogens with one attached hydrogen (secondary N) is 1. The quantitative estimate of drug-likeness (QED) is 0.473. The van der Waals surface area contributed by atoms with E-state index in [0.29, 0.717) is 5.95 Å². The zero-order valence-corrected chi connectivity index (χ0v) is 15.9. The lowest BCUT2D eigenvalue weighted by molar-refractivity contribution is -0.384. The van der Waals surface area contributed by atoms with Crippen molar-refractivity contribution in [3.63, 3.8) is 0 Å². The van der Waals surface area contributed by atoms with Crippen LogP contribution in [0.5, 0.6) is 0 Å². The number of aromatic nitrogens is 2. The molecule has 1 heterocycles. The molecule has 1 aliphatic carbocycles. The van der Waals surface area contributed by atoms with Crippen LogP contribution in [0.25, 0.3) is 11.0 Å². The molecule has 1 saturated carbocycles. The predicted octanol–water partition coefficient (Wildman–Crippen LogP) is 5.36. The smallest absolute Gasteiger partial charge is 0.270 e. The Kier molecular flexibility index (Phi) is 5.00. The van der Waals surface area contributed by atoms with Crippen LogP contribution in [0.4, 0.5) is 11.6 Å². The van der Waals surface area contributed by atoms with Crippen molar-refractivity contribution in [3.8, 4) is 0 Å². The van der Waals surface area contributed by atoms with Gasteiger partial charge in [-0.3, -0.25) is 20.2 Å². The number of amides is 1. The number of nitro groups is 1. The van der Waals surface area contributed by atoms with E-state index in [1.165, 1.54) is 24.6 Å². The summed E-state index contributed by atoms with van der Waals surface area (Å²) >= 11 is 6.12. The molecule has 0 spiro atoms. The number of carbonyl (C=O) groups is 1. The third kappa shape index (κ3) is 3.45. The van der Waals surface area contributed by atoms with Gasteiger partial charge in [0.15, 0.2) is 0 Å². The SMILES string of the molecule is O=C(Nc1nc2ccccc2n1C1CCCCC1)c1cc([N+](=O)[O-])ccc1Cl. The van der Waals surface area contributed by atoms with Crippen LogP contribution in [0.15, 0.2) is 42.5 Å². The second-order valence-corrected chi connectivity index (χ2v) is 7.37. The molecule has 0 unspecified atom stereocenters. The van der Waals surface area contributed by atoms with Crippen LogP contribution in [0, 0.1) is 10.1 Å². The lowest BCUT2D eigenvalue weighted by Gasteiger charge is -2.25. The van der Waals surface area contributed by atoms with Crippen LogP contribution in [0.2, 0.25) is 5.02 Å². The molecule has 1 aliphatic rings. The third-order valence-corrected chi connectivity index (χ3v) is 5.50. The molecule has 4 rings (SSSR count). The predicted molar refractivity (Wildman–Crippen MR) is 108 cm³/mol. The maximum Gasteiger partial charge on any atom is 0.270 e. The average Bonchev–Trinajstić information content (AvgIpc) is 3.06. The Bertz CT molecular complexity index is 1060. The Balaban J connectivity index is 1.72. The normalized spacial score (nSPS) is 14.9. The summed E-state index contributed by atoms with van der Waals surface area (Å²) in [5, 5.41) is 14.0. The van der Waals surface area contributed by atoms with E-state index in [1.807, 2.05) is 24.3 Å². The van der Waals surface area contributed by atoms with Crippen LogP contribution in [-0.2, 0) is 0 Å². The first kappa shape index (κ1) is 18.4. The highest BCUT2D eigenvalue weighted by Gasteiger charge is 2.24. The summed E-state index contributed by atoms with van der Waals surface area (Å²) in [7, 11) is 0. The molecule has 1 N–H and O–H groups in total. The van der Waals surface area contributed by atoms with E-state index in [-0.39, 0.29) is 22.3 Å². The van der Waals surface area contributed by atoms with Crippen LogP contribution in [-0.4, -0.2) is 20.4 Å². The highest BCUT2D eigenvalue weighted by molar-refractivity contribution is 6.34. The Morgan fingerprint density at radius 1 is 1.18 bits per heavy atom. The Morgan fingerprint density at radius 2 is 1.93 bits per heavy atom.